The van der Waals surface area contributed by atoms with E-state index in [4.69, 9.17) is 4.74 Å². The third-order valence-electron chi connectivity index (χ3n) is 6.33. The Labute approximate surface area is 184 Å². The zero-order valence-corrected chi connectivity index (χ0v) is 17.7. The van der Waals surface area contributed by atoms with E-state index in [1.54, 1.807) is 17.3 Å². The molecule has 0 saturated carbocycles. The van der Waals surface area contributed by atoms with E-state index in [1.807, 2.05) is 24.3 Å². The number of hydrogen-bond donors (Lipinski definition) is 1. The number of likely N-dealkylation sites (tertiary alicyclic amines) is 1. The summed E-state index contributed by atoms with van der Waals surface area (Å²) in [5.74, 6) is 0.658. The third-order valence-corrected chi connectivity index (χ3v) is 6.33. The van der Waals surface area contributed by atoms with E-state index in [9.17, 15) is 13.2 Å². The zero-order valence-electron chi connectivity index (χ0n) is 17.7. The topological polar surface area (TPSA) is 57.3 Å². The molecule has 0 spiro atoms. The second-order valence-corrected chi connectivity index (χ2v) is 8.46. The van der Waals surface area contributed by atoms with Crippen molar-refractivity contribution < 1.29 is 17.9 Å². The number of hydrogen-bond acceptors (Lipinski definition) is 5. The standard InChI is InChI=1S/C23H26F3N5O/c24-7-1-8-30-12-16(13-30)32-15-2-4-21(27-10-15)23-18-3-5-20-19(11-28-29-20)17(18)6-9-31(23)14-22(25)26/h2-5,10-11,16,22-23H,1,6-9,12-14H2,(H,28,29)/t23-/m0/s1. The molecule has 170 valence electrons. The zero-order chi connectivity index (χ0) is 22.1. The van der Waals surface area contributed by atoms with E-state index in [2.05, 4.69) is 20.1 Å². The fourth-order valence-corrected chi connectivity index (χ4v) is 4.81. The molecule has 5 rings (SSSR count). The summed E-state index contributed by atoms with van der Waals surface area (Å²) in [6, 6.07) is 7.32. The van der Waals surface area contributed by atoms with E-state index in [0.717, 1.165) is 47.4 Å². The average molecular weight is 445 g/mol. The van der Waals surface area contributed by atoms with Crippen molar-refractivity contribution in [2.24, 2.45) is 0 Å². The van der Waals surface area contributed by atoms with Crippen LogP contribution in [0.3, 0.4) is 0 Å². The van der Waals surface area contributed by atoms with Crippen molar-refractivity contribution >= 4 is 10.9 Å². The summed E-state index contributed by atoms with van der Waals surface area (Å²) in [6.45, 7) is 2.24. The summed E-state index contributed by atoms with van der Waals surface area (Å²) >= 11 is 0. The van der Waals surface area contributed by atoms with Crippen LogP contribution in [0.5, 0.6) is 5.75 Å². The predicted octanol–water partition coefficient (Wildman–Crippen LogP) is 3.59. The molecule has 3 aromatic rings. The van der Waals surface area contributed by atoms with Crippen molar-refractivity contribution in [3.8, 4) is 5.75 Å². The SMILES string of the molecule is FCCCN1CC(Oc2ccc([C@@H]3c4ccc5[nH]ncc5c4CCN3CC(F)F)nc2)C1. The summed E-state index contributed by atoms with van der Waals surface area (Å²) in [7, 11) is 0. The minimum atomic E-state index is -2.42. The third kappa shape index (κ3) is 4.19. The molecule has 1 N–H and O–H groups in total. The molecule has 0 bridgehead atoms. The van der Waals surface area contributed by atoms with E-state index < -0.39 is 6.43 Å². The van der Waals surface area contributed by atoms with Gasteiger partial charge in [-0.05, 0) is 42.2 Å². The lowest BCUT2D eigenvalue weighted by Gasteiger charge is -2.39. The number of H-pyrrole nitrogens is 1. The van der Waals surface area contributed by atoms with Gasteiger partial charge in [0, 0.05) is 31.6 Å². The maximum atomic E-state index is 13.3. The second kappa shape index (κ2) is 9.07. The van der Waals surface area contributed by atoms with Gasteiger partial charge in [0.1, 0.15) is 11.9 Å². The Morgan fingerprint density at radius 2 is 2.03 bits per heavy atom. The van der Waals surface area contributed by atoms with Gasteiger partial charge in [0.15, 0.2) is 0 Å². The Bertz CT molecular complexity index is 1050. The minimum Gasteiger partial charge on any atom is -0.486 e. The van der Waals surface area contributed by atoms with Crippen LogP contribution in [0, 0.1) is 0 Å². The van der Waals surface area contributed by atoms with Gasteiger partial charge < -0.3 is 4.74 Å². The Morgan fingerprint density at radius 1 is 1.16 bits per heavy atom. The van der Waals surface area contributed by atoms with Crippen LogP contribution in [0.1, 0.15) is 29.3 Å². The summed E-state index contributed by atoms with van der Waals surface area (Å²) in [5.41, 5.74) is 3.80. The molecule has 0 aliphatic carbocycles. The number of aromatic nitrogens is 3. The van der Waals surface area contributed by atoms with Crippen molar-refractivity contribution in [1.82, 2.24) is 25.0 Å². The molecule has 1 fully saturated rings. The maximum absolute atomic E-state index is 13.3. The largest absolute Gasteiger partial charge is 0.486 e. The van der Waals surface area contributed by atoms with Gasteiger partial charge in [0.05, 0.1) is 42.9 Å². The van der Waals surface area contributed by atoms with E-state index in [0.29, 0.717) is 25.1 Å². The fourth-order valence-electron chi connectivity index (χ4n) is 4.81. The lowest BCUT2D eigenvalue weighted by Crippen LogP contribution is -2.53. The molecule has 1 saturated heterocycles. The van der Waals surface area contributed by atoms with Gasteiger partial charge in [-0.1, -0.05) is 6.07 Å². The first-order valence-electron chi connectivity index (χ1n) is 11.0. The summed E-state index contributed by atoms with van der Waals surface area (Å²) < 4.78 is 44.9. The van der Waals surface area contributed by atoms with Crippen molar-refractivity contribution in [2.75, 3.05) is 39.4 Å². The number of aromatic amines is 1. The van der Waals surface area contributed by atoms with Gasteiger partial charge in [-0.3, -0.25) is 24.3 Å². The van der Waals surface area contributed by atoms with Gasteiger partial charge in [-0.25, -0.2) is 8.78 Å². The summed E-state index contributed by atoms with van der Waals surface area (Å²) in [4.78, 5) is 8.57. The van der Waals surface area contributed by atoms with E-state index in [1.165, 1.54) is 0 Å². The van der Waals surface area contributed by atoms with Crippen LogP contribution in [-0.2, 0) is 6.42 Å². The normalized spacial score (nSPS) is 19.9. The smallest absolute Gasteiger partial charge is 0.251 e. The molecule has 2 aliphatic heterocycles. The highest BCUT2D eigenvalue weighted by molar-refractivity contribution is 5.83. The number of rotatable bonds is 8. The number of nitrogens with zero attached hydrogens (tertiary/aromatic N) is 4. The highest BCUT2D eigenvalue weighted by Gasteiger charge is 2.33. The molecule has 9 heteroatoms. The second-order valence-electron chi connectivity index (χ2n) is 8.46. The van der Waals surface area contributed by atoms with E-state index in [-0.39, 0.29) is 25.4 Å². The molecule has 6 nitrogen and oxygen atoms in total. The first-order valence-corrected chi connectivity index (χ1v) is 11.0. The van der Waals surface area contributed by atoms with Crippen molar-refractivity contribution in [2.45, 2.75) is 31.4 Å². The summed E-state index contributed by atoms with van der Waals surface area (Å²) in [6.07, 6.45) is 2.36. The number of fused-ring (bicyclic) bond motifs is 3. The van der Waals surface area contributed by atoms with Crippen molar-refractivity contribution in [3.63, 3.8) is 0 Å². The van der Waals surface area contributed by atoms with Crippen LogP contribution < -0.4 is 4.74 Å². The average Bonchev–Trinajstić information content (AvgIpc) is 3.24. The fraction of sp³-hybridized carbons (Fsp3) is 0.478. The number of nitrogens with one attached hydrogen (secondary N) is 1. The monoisotopic (exact) mass is 445 g/mol. The van der Waals surface area contributed by atoms with Gasteiger partial charge in [-0.2, -0.15) is 5.10 Å². The number of ether oxygens (including phenoxy) is 1. The van der Waals surface area contributed by atoms with Crippen LogP contribution in [-0.4, -0.2) is 76.9 Å². The van der Waals surface area contributed by atoms with Crippen LogP contribution in [0.15, 0.2) is 36.7 Å². The van der Waals surface area contributed by atoms with Gasteiger partial charge in [-0.15, -0.1) is 0 Å². The molecule has 1 atom stereocenters. The minimum absolute atomic E-state index is 0.0716. The molecule has 1 aromatic carbocycles. The van der Waals surface area contributed by atoms with Crippen LogP contribution in [0.25, 0.3) is 10.9 Å². The molecular weight excluding hydrogens is 419 g/mol. The maximum Gasteiger partial charge on any atom is 0.251 e. The number of halogens is 3. The quantitative estimate of drug-likeness (QED) is 0.574. The molecule has 2 aliphatic rings. The van der Waals surface area contributed by atoms with Gasteiger partial charge in [0.2, 0.25) is 0 Å². The van der Waals surface area contributed by atoms with Crippen molar-refractivity contribution in [1.29, 1.82) is 0 Å². The van der Waals surface area contributed by atoms with Crippen molar-refractivity contribution in [3.05, 3.63) is 53.5 Å². The Balaban J connectivity index is 1.36. The highest BCUT2D eigenvalue weighted by atomic mass is 19.3. The van der Waals surface area contributed by atoms with Crippen LogP contribution in [0.2, 0.25) is 0 Å². The molecule has 4 heterocycles. The molecule has 2 aromatic heterocycles. The Hall–Kier alpha value is -2.65. The first-order chi connectivity index (χ1) is 15.6. The molecule has 32 heavy (non-hydrogen) atoms. The first kappa shape index (κ1) is 21.2. The van der Waals surface area contributed by atoms with E-state index >= 15 is 0 Å². The van der Waals surface area contributed by atoms with Crippen LogP contribution in [0.4, 0.5) is 13.2 Å². The molecule has 0 unspecified atom stereocenters. The van der Waals surface area contributed by atoms with Gasteiger partial charge in [0.25, 0.3) is 6.43 Å². The molecular formula is C23H26F3N5O. The Kier molecular flexibility index (Phi) is 6.01. The predicted molar refractivity (Wildman–Crippen MR) is 115 cm³/mol. The molecule has 0 amide bonds. The van der Waals surface area contributed by atoms with Gasteiger partial charge >= 0.3 is 0 Å². The molecule has 0 radical (unpaired) electrons. The number of alkyl halides is 3. The van der Waals surface area contributed by atoms with Crippen LogP contribution >= 0.6 is 0 Å². The number of benzene rings is 1. The highest BCUT2D eigenvalue weighted by Crippen LogP contribution is 2.38. The number of pyridine rings is 1. The summed E-state index contributed by atoms with van der Waals surface area (Å²) in [5, 5.41) is 8.15. The Morgan fingerprint density at radius 3 is 2.78 bits per heavy atom. The lowest BCUT2D eigenvalue weighted by atomic mass is 9.88. The lowest BCUT2D eigenvalue weighted by molar-refractivity contribution is 0.0181.